The topological polar surface area (TPSA) is 88.1 Å². The Kier molecular flexibility index (Phi) is 9.82. The van der Waals surface area contributed by atoms with Gasteiger partial charge in [0.2, 0.25) is 5.91 Å². The van der Waals surface area contributed by atoms with Crippen molar-refractivity contribution >= 4 is 12.0 Å². The van der Waals surface area contributed by atoms with Crippen molar-refractivity contribution in [1.29, 1.82) is 0 Å². The number of benzene rings is 1. The molecule has 1 saturated heterocycles. The van der Waals surface area contributed by atoms with Gasteiger partial charge in [0.05, 0.1) is 37.4 Å². The first-order valence-electron chi connectivity index (χ1n) is 11.8. The van der Waals surface area contributed by atoms with Gasteiger partial charge in [-0.1, -0.05) is 13.8 Å². The van der Waals surface area contributed by atoms with E-state index in [4.69, 9.17) is 9.47 Å². The van der Waals surface area contributed by atoms with Crippen molar-refractivity contribution in [2.24, 2.45) is 5.92 Å². The van der Waals surface area contributed by atoms with Gasteiger partial charge in [0.25, 0.3) is 0 Å². The Balaban J connectivity index is 2.28. The molecule has 1 aromatic carbocycles. The first kappa shape index (κ1) is 28.0. The Morgan fingerprint density at radius 3 is 2.38 bits per heavy atom. The van der Waals surface area contributed by atoms with E-state index in [0.717, 1.165) is 31.0 Å². The van der Waals surface area contributed by atoms with Gasteiger partial charge in [0, 0.05) is 13.0 Å². The van der Waals surface area contributed by atoms with E-state index in [1.807, 2.05) is 0 Å². The monoisotopic (exact) mass is 484 g/mol. The van der Waals surface area contributed by atoms with Crippen LogP contribution in [0.25, 0.3) is 0 Å². The molecule has 0 bridgehead atoms. The second-order valence-electron chi connectivity index (χ2n) is 10.4. The standard InChI is InChI=1S/C25H38F2N2O5/c1-15(2)7-8-20-13-29(24(32)34-25(4,5)6)22(14-33-20)23(31)21(28-16(3)30)11-17-9-18(26)12-19(27)10-17/h9-10,12,15,20-23,31H,7-8,11,13-14H2,1-6H3,(H,28,30)/t20-,21+,22-,23+/m0/s1. The van der Waals surface area contributed by atoms with E-state index in [9.17, 15) is 23.5 Å². The van der Waals surface area contributed by atoms with Crippen LogP contribution in [-0.4, -0.2) is 65.1 Å². The minimum atomic E-state index is -1.27. The number of halogens is 2. The fourth-order valence-corrected chi connectivity index (χ4v) is 4.01. The molecule has 0 aliphatic carbocycles. The quantitative estimate of drug-likeness (QED) is 0.586. The number of hydrogen-bond acceptors (Lipinski definition) is 5. The highest BCUT2D eigenvalue weighted by Crippen LogP contribution is 2.24. The summed E-state index contributed by atoms with van der Waals surface area (Å²) in [6.45, 7) is 11.0. The summed E-state index contributed by atoms with van der Waals surface area (Å²) in [5, 5.41) is 13.9. The summed E-state index contributed by atoms with van der Waals surface area (Å²) >= 11 is 0. The number of nitrogens with zero attached hydrogens (tertiary/aromatic N) is 1. The molecule has 2 N–H and O–H groups in total. The van der Waals surface area contributed by atoms with E-state index in [1.54, 1.807) is 20.8 Å². The third-order valence-corrected chi connectivity index (χ3v) is 5.57. The third-order valence-electron chi connectivity index (χ3n) is 5.57. The minimum Gasteiger partial charge on any atom is -0.444 e. The number of carbonyl (C=O) groups excluding carboxylic acids is 2. The van der Waals surface area contributed by atoms with Crippen LogP contribution >= 0.6 is 0 Å². The molecule has 1 aromatic rings. The van der Waals surface area contributed by atoms with Crippen LogP contribution < -0.4 is 5.32 Å². The molecule has 1 heterocycles. The number of rotatable bonds is 8. The van der Waals surface area contributed by atoms with Gasteiger partial charge < -0.3 is 19.9 Å². The molecule has 2 rings (SSSR count). The zero-order chi connectivity index (χ0) is 25.6. The van der Waals surface area contributed by atoms with Crippen LogP contribution in [0.5, 0.6) is 0 Å². The first-order chi connectivity index (χ1) is 15.7. The number of aliphatic hydroxyl groups is 1. The van der Waals surface area contributed by atoms with Crippen LogP contribution in [0.1, 0.15) is 59.9 Å². The Hall–Kier alpha value is -2.26. The molecule has 0 aromatic heterocycles. The number of aliphatic hydroxyl groups excluding tert-OH is 1. The Bertz CT molecular complexity index is 823. The van der Waals surface area contributed by atoms with E-state index in [-0.39, 0.29) is 31.2 Å². The third kappa shape index (κ3) is 8.83. The van der Waals surface area contributed by atoms with E-state index in [1.165, 1.54) is 11.8 Å². The largest absolute Gasteiger partial charge is 0.444 e. The molecule has 1 fully saturated rings. The van der Waals surface area contributed by atoms with E-state index >= 15 is 0 Å². The van der Waals surface area contributed by atoms with E-state index < -0.39 is 47.4 Å². The molecule has 1 aliphatic rings. The number of morpholine rings is 1. The average Bonchev–Trinajstić information content (AvgIpc) is 2.68. The molecular formula is C25H38F2N2O5. The molecule has 4 atom stereocenters. The number of carbonyl (C=O) groups is 2. The van der Waals surface area contributed by atoms with Gasteiger partial charge in [-0.3, -0.25) is 9.69 Å². The fraction of sp³-hybridized carbons (Fsp3) is 0.680. The molecule has 0 unspecified atom stereocenters. The summed E-state index contributed by atoms with van der Waals surface area (Å²) in [5.74, 6) is -1.46. The summed E-state index contributed by atoms with van der Waals surface area (Å²) in [7, 11) is 0. The zero-order valence-electron chi connectivity index (χ0n) is 20.9. The number of ether oxygens (including phenoxy) is 2. The highest BCUT2D eigenvalue weighted by molar-refractivity contribution is 5.73. The Labute approximate surface area is 200 Å². The maximum absolute atomic E-state index is 13.7. The normalized spacial score (nSPS) is 20.7. The van der Waals surface area contributed by atoms with Crippen LogP contribution in [0, 0.1) is 17.6 Å². The van der Waals surface area contributed by atoms with Gasteiger partial charge in [-0.2, -0.15) is 0 Å². The average molecular weight is 485 g/mol. The van der Waals surface area contributed by atoms with Crippen LogP contribution in [0.3, 0.4) is 0 Å². The molecule has 0 spiro atoms. The van der Waals surface area contributed by atoms with Crippen molar-refractivity contribution < 1.29 is 33.0 Å². The lowest BCUT2D eigenvalue weighted by molar-refractivity contribution is -0.124. The van der Waals surface area contributed by atoms with Crippen molar-refractivity contribution in [3.63, 3.8) is 0 Å². The molecule has 192 valence electrons. The molecule has 34 heavy (non-hydrogen) atoms. The summed E-state index contributed by atoms with van der Waals surface area (Å²) in [4.78, 5) is 26.4. The first-order valence-corrected chi connectivity index (χ1v) is 11.8. The van der Waals surface area contributed by atoms with Crippen molar-refractivity contribution in [1.82, 2.24) is 10.2 Å². The summed E-state index contributed by atoms with van der Waals surface area (Å²) in [5.41, 5.74) is -0.472. The second kappa shape index (κ2) is 11.9. The molecule has 9 heteroatoms. The number of nitrogens with one attached hydrogen (secondary N) is 1. The van der Waals surface area contributed by atoms with E-state index in [0.29, 0.717) is 5.92 Å². The van der Waals surface area contributed by atoms with Gasteiger partial charge >= 0.3 is 6.09 Å². The maximum Gasteiger partial charge on any atom is 0.410 e. The Morgan fingerprint density at radius 1 is 1.24 bits per heavy atom. The maximum atomic E-state index is 13.7. The molecule has 7 nitrogen and oxygen atoms in total. The SMILES string of the molecule is CC(=O)N[C@H](Cc1cc(F)cc(F)c1)[C@@H](O)[C@@H]1CO[C@@H](CCC(C)C)CN1C(=O)OC(C)(C)C. The molecule has 0 saturated carbocycles. The van der Waals surface area contributed by atoms with Crippen LogP contribution in [-0.2, 0) is 20.7 Å². The molecule has 1 aliphatic heterocycles. The van der Waals surface area contributed by atoms with Crippen LogP contribution in [0.2, 0.25) is 0 Å². The van der Waals surface area contributed by atoms with Gasteiger partial charge in [0.15, 0.2) is 0 Å². The van der Waals surface area contributed by atoms with Gasteiger partial charge in [-0.05, 0) is 63.6 Å². The van der Waals surface area contributed by atoms with Gasteiger partial charge in [0.1, 0.15) is 17.2 Å². The molecular weight excluding hydrogens is 446 g/mol. The highest BCUT2D eigenvalue weighted by Gasteiger charge is 2.41. The minimum absolute atomic E-state index is 0.0368. The van der Waals surface area contributed by atoms with Crippen molar-refractivity contribution in [2.45, 2.75) is 90.7 Å². The summed E-state index contributed by atoms with van der Waals surface area (Å²) in [6, 6.07) is 1.32. The predicted octanol–water partition coefficient (Wildman–Crippen LogP) is 3.81. The predicted molar refractivity (Wildman–Crippen MR) is 124 cm³/mol. The molecule has 0 radical (unpaired) electrons. The van der Waals surface area contributed by atoms with E-state index in [2.05, 4.69) is 19.2 Å². The zero-order valence-corrected chi connectivity index (χ0v) is 20.9. The second-order valence-corrected chi connectivity index (χ2v) is 10.4. The highest BCUT2D eigenvalue weighted by atomic mass is 19.1. The lowest BCUT2D eigenvalue weighted by atomic mass is 9.94. The van der Waals surface area contributed by atoms with Crippen molar-refractivity contribution in [2.75, 3.05) is 13.2 Å². The van der Waals surface area contributed by atoms with Crippen molar-refractivity contribution in [3.8, 4) is 0 Å². The number of amides is 2. The smallest absolute Gasteiger partial charge is 0.410 e. The lowest BCUT2D eigenvalue weighted by Crippen LogP contribution is -2.62. The number of hydrogen-bond donors (Lipinski definition) is 2. The lowest BCUT2D eigenvalue weighted by Gasteiger charge is -2.43. The summed E-state index contributed by atoms with van der Waals surface area (Å²) in [6.07, 6.45) is -0.446. The van der Waals surface area contributed by atoms with Crippen molar-refractivity contribution in [3.05, 3.63) is 35.4 Å². The fourth-order valence-electron chi connectivity index (χ4n) is 4.01. The van der Waals surface area contributed by atoms with Gasteiger partial charge in [-0.15, -0.1) is 0 Å². The Morgan fingerprint density at radius 2 is 1.85 bits per heavy atom. The van der Waals surface area contributed by atoms with Crippen LogP contribution in [0.15, 0.2) is 18.2 Å². The summed E-state index contributed by atoms with van der Waals surface area (Å²) < 4.78 is 39.0. The van der Waals surface area contributed by atoms with Gasteiger partial charge in [-0.25, -0.2) is 13.6 Å². The molecule has 2 amide bonds. The van der Waals surface area contributed by atoms with Crippen LogP contribution in [0.4, 0.5) is 13.6 Å².